The highest BCUT2D eigenvalue weighted by Gasteiger charge is 2.33. The van der Waals surface area contributed by atoms with Crippen molar-refractivity contribution in [2.45, 2.75) is 12.1 Å². The number of hydrogen-bond acceptors (Lipinski definition) is 7. The van der Waals surface area contributed by atoms with Crippen LogP contribution in [0, 0.1) is 0 Å². The van der Waals surface area contributed by atoms with Gasteiger partial charge in [0.25, 0.3) is 0 Å². The fourth-order valence-electron chi connectivity index (χ4n) is 2.74. The van der Waals surface area contributed by atoms with Crippen molar-refractivity contribution in [1.29, 1.82) is 0 Å². The number of hydrogen-bond donors (Lipinski definition) is 1. The lowest BCUT2D eigenvalue weighted by atomic mass is 10.1. The summed E-state index contributed by atoms with van der Waals surface area (Å²) in [5, 5.41) is 10.9. The van der Waals surface area contributed by atoms with Gasteiger partial charge in [0.1, 0.15) is 18.0 Å². The minimum absolute atomic E-state index is 0.173. The third kappa shape index (κ3) is 5.12. The molecule has 1 aromatic carbocycles. The first-order valence-electron chi connectivity index (χ1n) is 8.22. The number of methoxy groups -OCH3 is 1. The Morgan fingerprint density at radius 2 is 2.00 bits per heavy atom. The van der Waals surface area contributed by atoms with Crippen LogP contribution in [0.1, 0.15) is 5.56 Å². The molecule has 2 heterocycles. The van der Waals surface area contributed by atoms with Gasteiger partial charge in [-0.1, -0.05) is 18.2 Å². The van der Waals surface area contributed by atoms with Gasteiger partial charge in [-0.3, -0.25) is 4.90 Å². The second-order valence-corrected chi connectivity index (χ2v) is 6.17. The number of β-amino-alcohol motifs (C(OH)–C–C–N with tert-alkyl or cyclic N) is 1. The molecule has 134 valence electrons. The molecule has 25 heavy (non-hydrogen) atoms. The van der Waals surface area contributed by atoms with Gasteiger partial charge >= 0.3 is 6.01 Å². The fraction of sp³-hybridized carbons (Fsp3) is 0.444. The van der Waals surface area contributed by atoms with E-state index in [4.69, 9.17) is 14.2 Å². The number of nitrogens with zero attached hydrogens (tertiary/aromatic N) is 3. The molecule has 0 saturated carbocycles. The molecule has 7 nitrogen and oxygen atoms in total. The van der Waals surface area contributed by atoms with E-state index < -0.39 is 5.60 Å². The summed E-state index contributed by atoms with van der Waals surface area (Å²) in [4.78, 5) is 10.4. The lowest BCUT2D eigenvalue weighted by Gasteiger charge is -2.30. The van der Waals surface area contributed by atoms with Crippen LogP contribution in [-0.4, -0.2) is 65.6 Å². The molecule has 3 rings (SSSR count). The normalized spacial score (nSPS) is 21.5. The van der Waals surface area contributed by atoms with Crippen molar-refractivity contribution in [3.8, 4) is 11.8 Å². The number of rotatable bonds is 6. The first-order valence-corrected chi connectivity index (χ1v) is 8.22. The Bertz CT molecular complexity index is 653. The summed E-state index contributed by atoms with van der Waals surface area (Å²) < 4.78 is 16.3. The summed E-state index contributed by atoms with van der Waals surface area (Å²) in [5.74, 6) is 0.732. The van der Waals surface area contributed by atoms with E-state index in [0.29, 0.717) is 25.7 Å². The molecule has 2 aromatic rings. The third-order valence-corrected chi connectivity index (χ3v) is 3.96. The van der Waals surface area contributed by atoms with Crippen LogP contribution in [0.2, 0.25) is 0 Å². The standard InChI is InChI=1S/C18H23N3O4/c1-23-17-19-9-15(10-20-17)11-21-7-8-24-13-18(22,12-21)14-25-16-5-3-2-4-6-16/h2-6,9-10,22H,7-8,11-14H2,1H3. The van der Waals surface area contributed by atoms with Gasteiger partial charge in [0.2, 0.25) is 0 Å². The summed E-state index contributed by atoms with van der Waals surface area (Å²) in [5.41, 5.74) is -0.117. The van der Waals surface area contributed by atoms with Crippen LogP contribution in [0.15, 0.2) is 42.7 Å². The van der Waals surface area contributed by atoms with Crippen molar-refractivity contribution < 1.29 is 19.3 Å². The molecule has 1 aromatic heterocycles. The van der Waals surface area contributed by atoms with Crippen LogP contribution in [0.4, 0.5) is 0 Å². The van der Waals surface area contributed by atoms with E-state index in [1.54, 1.807) is 12.4 Å². The zero-order valence-electron chi connectivity index (χ0n) is 14.3. The van der Waals surface area contributed by atoms with E-state index in [1.807, 2.05) is 30.3 Å². The Morgan fingerprint density at radius 1 is 1.24 bits per heavy atom. The van der Waals surface area contributed by atoms with Crippen LogP contribution >= 0.6 is 0 Å². The molecular weight excluding hydrogens is 322 g/mol. The first-order chi connectivity index (χ1) is 12.2. The number of para-hydroxylation sites is 1. The summed E-state index contributed by atoms with van der Waals surface area (Å²) >= 11 is 0. The average Bonchev–Trinajstić information content (AvgIpc) is 2.83. The molecule has 1 fully saturated rings. The summed E-state index contributed by atoms with van der Waals surface area (Å²) in [7, 11) is 1.54. The average molecular weight is 345 g/mol. The van der Waals surface area contributed by atoms with Crippen molar-refractivity contribution in [3.63, 3.8) is 0 Å². The highest BCUT2D eigenvalue weighted by Crippen LogP contribution is 2.18. The lowest BCUT2D eigenvalue weighted by Crippen LogP contribution is -2.48. The van der Waals surface area contributed by atoms with E-state index in [2.05, 4.69) is 14.9 Å². The smallest absolute Gasteiger partial charge is 0.316 e. The third-order valence-electron chi connectivity index (χ3n) is 3.96. The van der Waals surface area contributed by atoms with E-state index in [1.165, 1.54) is 7.11 Å². The van der Waals surface area contributed by atoms with E-state index >= 15 is 0 Å². The van der Waals surface area contributed by atoms with Gasteiger partial charge in [-0.2, -0.15) is 0 Å². The Kier molecular flexibility index (Phi) is 5.80. The van der Waals surface area contributed by atoms with Gasteiger partial charge in [0, 0.05) is 37.6 Å². The minimum atomic E-state index is -1.07. The van der Waals surface area contributed by atoms with Crippen LogP contribution in [0.3, 0.4) is 0 Å². The molecule has 0 amide bonds. The molecule has 1 saturated heterocycles. The molecule has 1 unspecified atom stereocenters. The van der Waals surface area contributed by atoms with E-state index in [9.17, 15) is 5.11 Å². The number of benzene rings is 1. The van der Waals surface area contributed by atoms with Gasteiger partial charge in [0.15, 0.2) is 0 Å². The van der Waals surface area contributed by atoms with Gasteiger partial charge in [-0.05, 0) is 12.1 Å². The van der Waals surface area contributed by atoms with Crippen LogP contribution in [0.5, 0.6) is 11.8 Å². The topological polar surface area (TPSA) is 76.9 Å². The van der Waals surface area contributed by atoms with Crippen LogP contribution in [0.25, 0.3) is 0 Å². The number of aromatic nitrogens is 2. The molecule has 0 bridgehead atoms. The molecule has 7 heteroatoms. The summed E-state index contributed by atoms with van der Waals surface area (Å²) in [6.45, 7) is 2.78. The fourth-order valence-corrected chi connectivity index (χ4v) is 2.74. The highest BCUT2D eigenvalue weighted by atomic mass is 16.5. The predicted molar refractivity (Wildman–Crippen MR) is 91.6 cm³/mol. The molecule has 1 aliphatic heterocycles. The molecular formula is C18H23N3O4. The lowest BCUT2D eigenvalue weighted by molar-refractivity contribution is -0.0646. The largest absolute Gasteiger partial charge is 0.490 e. The molecule has 0 spiro atoms. The van der Waals surface area contributed by atoms with E-state index in [-0.39, 0.29) is 13.2 Å². The number of aliphatic hydroxyl groups is 1. The van der Waals surface area contributed by atoms with Crippen molar-refractivity contribution in [2.24, 2.45) is 0 Å². The van der Waals surface area contributed by atoms with Crippen molar-refractivity contribution in [2.75, 3.05) is 40.0 Å². The zero-order chi connectivity index (χ0) is 17.5. The second kappa shape index (κ2) is 8.24. The van der Waals surface area contributed by atoms with E-state index in [0.717, 1.165) is 17.9 Å². The SMILES string of the molecule is COc1ncc(CN2CCOCC(O)(COc3ccccc3)C2)cn1. The van der Waals surface area contributed by atoms with Crippen molar-refractivity contribution in [3.05, 3.63) is 48.3 Å². The molecule has 1 aliphatic rings. The Labute approximate surface area is 147 Å². The predicted octanol–water partition coefficient (Wildman–Crippen LogP) is 1.13. The molecule has 0 radical (unpaired) electrons. The zero-order valence-corrected chi connectivity index (χ0v) is 14.3. The van der Waals surface area contributed by atoms with Crippen LogP contribution in [-0.2, 0) is 11.3 Å². The Balaban J connectivity index is 1.60. The maximum Gasteiger partial charge on any atom is 0.316 e. The van der Waals surface area contributed by atoms with Gasteiger partial charge in [-0.15, -0.1) is 0 Å². The second-order valence-electron chi connectivity index (χ2n) is 6.17. The quantitative estimate of drug-likeness (QED) is 0.841. The maximum absolute atomic E-state index is 10.9. The minimum Gasteiger partial charge on any atom is -0.490 e. The summed E-state index contributed by atoms with van der Waals surface area (Å²) in [6.07, 6.45) is 3.47. The van der Waals surface area contributed by atoms with Gasteiger partial charge < -0.3 is 19.3 Å². The summed E-state index contributed by atoms with van der Waals surface area (Å²) in [6, 6.07) is 9.81. The van der Waals surface area contributed by atoms with Crippen molar-refractivity contribution in [1.82, 2.24) is 14.9 Å². The Hall–Kier alpha value is -2.22. The number of ether oxygens (including phenoxy) is 3. The molecule has 1 atom stereocenters. The molecule has 0 aliphatic carbocycles. The maximum atomic E-state index is 10.9. The van der Waals surface area contributed by atoms with Gasteiger partial charge in [0.05, 0.1) is 20.3 Å². The molecule has 1 N–H and O–H groups in total. The Morgan fingerprint density at radius 3 is 2.72 bits per heavy atom. The first kappa shape index (κ1) is 17.6. The van der Waals surface area contributed by atoms with Gasteiger partial charge in [-0.25, -0.2) is 9.97 Å². The monoisotopic (exact) mass is 345 g/mol. The van der Waals surface area contributed by atoms with Crippen molar-refractivity contribution >= 4 is 0 Å². The van der Waals surface area contributed by atoms with Crippen LogP contribution < -0.4 is 9.47 Å². The highest BCUT2D eigenvalue weighted by molar-refractivity contribution is 5.21.